The van der Waals surface area contributed by atoms with Gasteiger partial charge in [0.15, 0.2) is 11.6 Å². The van der Waals surface area contributed by atoms with Gasteiger partial charge >= 0.3 is 0 Å². The van der Waals surface area contributed by atoms with E-state index in [0.717, 1.165) is 19.2 Å². The molecule has 0 aliphatic carbocycles. The molecule has 1 saturated heterocycles. The number of primary amides is 1. The van der Waals surface area contributed by atoms with Crippen LogP contribution in [0.4, 0.5) is 24.7 Å². The standard InChI is InChI=1S/C31H32ClF3N8O4/c1-14-10-40(4)5-6-42(14)19-8-18(23(32)27(35)38-19)37-21(44)12-41-11-17(15-7-16(28(36)46)26(45)25(34)24(15)33)22-29(41)39-20-9-31(2,3)13-43(20)30(22)47/h7-8,11,14,45H,5-6,9-10,12-13H2,1-4H3,(H2,36,46)(H,37,38,44)/t14-/m0/s1. The van der Waals surface area contributed by atoms with Crippen LogP contribution in [0.25, 0.3) is 22.2 Å². The van der Waals surface area contributed by atoms with Crippen LogP contribution >= 0.6 is 11.6 Å². The van der Waals surface area contributed by atoms with Crippen LogP contribution in [0.5, 0.6) is 5.75 Å². The van der Waals surface area contributed by atoms with Gasteiger partial charge < -0.3 is 30.5 Å². The van der Waals surface area contributed by atoms with Gasteiger partial charge in [-0.2, -0.15) is 8.78 Å². The maximum absolute atomic E-state index is 15.4. The second-order valence-electron chi connectivity index (χ2n) is 12.9. The summed E-state index contributed by atoms with van der Waals surface area (Å²) >= 11 is 6.21. The summed E-state index contributed by atoms with van der Waals surface area (Å²) in [6, 6.07) is 2.33. The Hall–Kier alpha value is -4.63. The lowest BCUT2D eigenvalue weighted by Gasteiger charge is -2.39. The van der Waals surface area contributed by atoms with Crippen LogP contribution in [0.1, 0.15) is 37.0 Å². The van der Waals surface area contributed by atoms with E-state index in [-0.39, 0.29) is 33.7 Å². The number of anilines is 2. The molecule has 1 aromatic carbocycles. The fraction of sp³-hybridized carbons (Fsp3) is 0.387. The molecule has 5 heterocycles. The number of nitrogens with one attached hydrogen (secondary N) is 1. The molecule has 4 aromatic rings. The van der Waals surface area contributed by atoms with Gasteiger partial charge in [-0.1, -0.05) is 25.4 Å². The highest BCUT2D eigenvalue weighted by Gasteiger charge is 2.34. The number of carbonyl (C=O) groups is 2. The van der Waals surface area contributed by atoms with Crippen LogP contribution in [0.15, 0.2) is 23.1 Å². The third-order valence-electron chi connectivity index (χ3n) is 8.63. The molecule has 248 valence electrons. The third kappa shape index (κ3) is 5.67. The van der Waals surface area contributed by atoms with Gasteiger partial charge in [0.05, 0.1) is 16.6 Å². The average molecular weight is 673 g/mol. The molecule has 1 atom stereocenters. The predicted octanol–water partition coefficient (Wildman–Crippen LogP) is 3.50. The van der Waals surface area contributed by atoms with Crippen molar-refractivity contribution in [3.63, 3.8) is 0 Å². The van der Waals surface area contributed by atoms with E-state index >= 15 is 4.39 Å². The highest BCUT2D eigenvalue weighted by Crippen LogP contribution is 2.38. The van der Waals surface area contributed by atoms with Gasteiger partial charge in [-0.25, -0.2) is 14.4 Å². The molecule has 0 spiro atoms. The van der Waals surface area contributed by atoms with E-state index in [9.17, 15) is 28.3 Å². The first-order valence-corrected chi connectivity index (χ1v) is 15.2. The Morgan fingerprint density at radius 3 is 2.55 bits per heavy atom. The number of aromatic nitrogens is 4. The van der Waals surface area contributed by atoms with E-state index in [1.807, 2.05) is 32.7 Å². The molecule has 2 aliphatic heterocycles. The molecule has 47 heavy (non-hydrogen) atoms. The zero-order valence-electron chi connectivity index (χ0n) is 26.0. The number of nitrogens with zero attached hydrogens (tertiary/aromatic N) is 6. The van der Waals surface area contributed by atoms with E-state index < -0.39 is 63.4 Å². The van der Waals surface area contributed by atoms with Crippen molar-refractivity contribution in [1.29, 1.82) is 0 Å². The zero-order chi connectivity index (χ0) is 34.1. The van der Waals surface area contributed by atoms with Crippen molar-refractivity contribution in [2.24, 2.45) is 11.1 Å². The molecule has 2 amide bonds. The van der Waals surface area contributed by atoms with Crippen LogP contribution in [-0.2, 0) is 24.3 Å². The molecule has 3 aromatic heterocycles. The summed E-state index contributed by atoms with van der Waals surface area (Å²) in [5.74, 6) is -6.71. The maximum atomic E-state index is 15.4. The van der Waals surface area contributed by atoms with E-state index in [4.69, 9.17) is 17.3 Å². The number of rotatable bonds is 6. The van der Waals surface area contributed by atoms with Crippen LogP contribution in [0, 0.1) is 23.0 Å². The van der Waals surface area contributed by atoms with E-state index in [2.05, 4.69) is 20.2 Å². The number of carbonyl (C=O) groups excluding carboxylic acids is 2. The Balaban J connectivity index is 1.43. The van der Waals surface area contributed by atoms with Gasteiger partial charge in [-0.05, 0) is 25.5 Å². The molecule has 16 heteroatoms. The first-order valence-electron chi connectivity index (χ1n) is 14.8. The number of amides is 2. The minimum atomic E-state index is -1.73. The molecule has 6 rings (SSSR count). The summed E-state index contributed by atoms with van der Waals surface area (Å²) in [6.07, 6.45) is 1.66. The molecule has 1 fully saturated rings. The summed E-state index contributed by atoms with van der Waals surface area (Å²) in [5.41, 5.74) is 2.94. The zero-order valence-corrected chi connectivity index (χ0v) is 26.8. The number of halogens is 4. The monoisotopic (exact) mass is 672 g/mol. The van der Waals surface area contributed by atoms with Gasteiger partial charge in [-0.3, -0.25) is 19.0 Å². The van der Waals surface area contributed by atoms with Crippen molar-refractivity contribution < 1.29 is 27.9 Å². The molecular formula is C31H32ClF3N8O4. The van der Waals surface area contributed by atoms with Crippen LogP contribution in [0.2, 0.25) is 5.02 Å². The number of likely N-dealkylation sites (N-methyl/N-ethyl adjacent to an activating group) is 1. The SMILES string of the molecule is C[C@H]1CN(C)CCN1c1cc(NC(=O)Cn2cc(-c3cc(C(N)=O)c(O)c(F)c3F)c3c(=O)n4c(nc32)CC(C)(C)C4)c(Cl)c(F)n1. The summed E-state index contributed by atoms with van der Waals surface area (Å²) in [4.78, 5) is 52.0. The number of fused-ring (bicyclic) bond motifs is 2. The Morgan fingerprint density at radius 1 is 1.15 bits per heavy atom. The van der Waals surface area contributed by atoms with Gasteiger partial charge in [0, 0.05) is 62.0 Å². The predicted molar refractivity (Wildman–Crippen MR) is 169 cm³/mol. The van der Waals surface area contributed by atoms with Crippen LogP contribution in [-0.4, -0.2) is 73.6 Å². The summed E-state index contributed by atoms with van der Waals surface area (Å²) in [5, 5.41) is 12.1. The summed E-state index contributed by atoms with van der Waals surface area (Å²) in [6.45, 7) is 7.67. The minimum absolute atomic E-state index is 0.00318. The van der Waals surface area contributed by atoms with Crippen molar-refractivity contribution in [3.05, 3.63) is 62.7 Å². The molecule has 4 N–H and O–H groups in total. The molecule has 0 saturated carbocycles. The number of hydrogen-bond donors (Lipinski definition) is 3. The largest absolute Gasteiger partial charge is 0.504 e. The number of phenols is 1. The quantitative estimate of drug-likeness (QED) is 0.264. The smallest absolute Gasteiger partial charge is 0.263 e. The fourth-order valence-electron chi connectivity index (χ4n) is 6.39. The highest BCUT2D eigenvalue weighted by atomic mass is 35.5. The van der Waals surface area contributed by atoms with Crippen LogP contribution < -0.4 is 21.5 Å². The second kappa shape index (κ2) is 11.6. The Labute approximate surface area is 271 Å². The fourth-order valence-corrected chi connectivity index (χ4v) is 6.54. The number of nitrogens with two attached hydrogens (primary N) is 1. The molecule has 0 radical (unpaired) electrons. The minimum Gasteiger partial charge on any atom is -0.504 e. The second-order valence-corrected chi connectivity index (χ2v) is 13.3. The summed E-state index contributed by atoms with van der Waals surface area (Å²) < 4.78 is 47.8. The van der Waals surface area contributed by atoms with Gasteiger partial charge in [0.1, 0.15) is 28.9 Å². The molecular weight excluding hydrogens is 641 g/mol. The third-order valence-corrected chi connectivity index (χ3v) is 8.99. The van der Waals surface area contributed by atoms with Crippen molar-refractivity contribution >= 4 is 46.0 Å². The molecule has 0 bridgehead atoms. The Kier molecular flexibility index (Phi) is 7.95. The normalized spacial score (nSPS) is 17.7. The van der Waals surface area contributed by atoms with Crippen molar-refractivity contribution in [1.82, 2.24) is 24.0 Å². The maximum Gasteiger partial charge on any atom is 0.263 e. The highest BCUT2D eigenvalue weighted by molar-refractivity contribution is 6.33. The number of piperazine rings is 1. The van der Waals surface area contributed by atoms with Gasteiger partial charge in [0.2, 0.25) is 17.7 Å². The van der Waals surface area contributed by atoms with E-state index in [1.54, 1.807) is 0 Å². The lowest BCUT2D eigenvalue weighted by Crippen LogP contribution is -2.50. The van der Waals surface area contributed by atoms with Gasteiger partial charge in [0.25, 0.3) is 11.5 Å². The number of benzene rings is 1. The van der Waals surface area contributed by atoms with E-state index in [0.29, 0.717) is 31.2 Å². The Bertz CT molecular complexity index is 2050. The lowest BCUT2D eigenvalue weighted by molar-refractivity contribution is -0.116. The lowest BCUT2D eigenvalue weighted by atomic mass is 9.92. The number of aromatic hydroxyl groups is 1. The van der Waals surface area contributed by atoms with Crippen molar-refractivity contribution in [3.8, 4) is 16.9 Å². The average Bonchev–Trinajstić information content (AvgIpc) is 3.50. The van der Waals surface area contributed by atoms with Crippen molar-refractivity contribution in [2.45, 2.75) is 46.3 Å². The topological polar surface area (TPSA) is 152 Å². The molecule has 2 aliphatic rings. The Morgan fingerprint density at radius 2 is 1.87 bits per heavy atom. The molecule has 0 unspecified atom stereocenters. The van der Waals surface area contributed by atoms with Crippen LogP contribution in [0.3, 0.4) is 0 Å². The molecule has 12 nitrogen and oxygen atoms in total. The summed E-state index contributed by atoms with van der Waals surface area (Å²) in [7, 11) is 1.98. The number of hydrogen-bond acceptors (Lipinski definition) is 8. The van der Waals surface area contributed by atoms with E-state index in [1.165, 1.54) is 21.4 Å². The first-order chi connectivity index (χ1) is 22.1. The van der Waals surface area contributed by atoms with Crippen molar-refractivity contribution in [2.75, 3.05) is 36.9 Å². The first kappa shape index (κ1) is 32.3. The van der Waals surface area contributed by atoms with Gasteiger partial charge in [-0.15, -0.1) is 0 Å². The number of pyridine rings is 1.